The quantitative estimate of drug-likeness (QED) is 0.515. The van der Waals surface area contributed by atoms with Gasteiger partial charge in [0.2, 0.25) is 0 Å². The second kappa shape index (κ2) is 9.37. The van der Waals surface area contributed by atoms with Crippen molar-refractivity contribution >= 4 is 35.4 Å². The normalized spacial score (nSPS) is 11.5. The summed E-state index contributed by atoms with van der Waals surface area (Å²) >= 11 is 6.08. The lowest BCUT2D eigenvalue weighted by Gasteiger charge is -2.16. The lowest BCUT2D eigenvalue weighted by Crippen LogP contribution is -2.27. The van der Waals surface area contributed by atoms with Crippen molar-refractivity contribution in [1.29, 1.82) is 0 Å². The number of hydrogen-bond acceptors (Lipinski definition) is 6. The second-order valence-corrected chi connectivity index (χ2v) is 6.00. The number of amides is 1. The van der Waals surface area contributed by atoms with Gasteiger partial charge in [0.25, 0.3) is 5.91 Å². The molecule has 0 aliphatic rings. The molecule has 7 nitrogen and oxygen atoms in total. The SMILES string of the molecule is C=CN(/N=C\CC)c1nc(N)c(C(=O)NCc2ccccc2C(F)(F)F)nc1Cl. The maximum Gasteiger partial charge on any atom is 0.416 e. The van der Waals surface area contributed by atoms with Gasteiger partial charge in [-0.2, -0.15) is 18.3 Å². The summed E-state index contributed by atoms with van der Waals surface area (Å²) in [5, 5.41) is 7.47. The Bertz CT molecular complexity index is 932. The van der Waals surface area contributed by atoms with E-state index in [-0.39, 0.29) is 34.6 Å². The number of alkyl halides is 3. The van der Waals surface area contributed by atoms with Crippen molar-refractivity contribution in [2.24, 2.45) is 5.10 Å². The Kier molecular flexibility index (Phi) is 7.16. The third kappa shape index (κ3) is 5.44. The molecule has 0 unspecified atom stereocenters. The predicted molar refractivity (Wildman–Crippen MR) is 106 cm³/mol. The van der Waals surface area contributed by atoms with Crippen LogP contribution in [0.25, 0.3) is 0 Å². The van der Waals surface area contributed by atoms with Gasteiger partial charge in [-0.15, -0.1) is 0 Å². The summed E-state index contributed by atoms with van der Waals surface area (Å²) in [5.41, 5.74) is 4.53. The number of nitrogen functional groups attached to an aromatic ring is 1. The highest BCUT2D eigenvalue weighted by molar-refractivity contribution is 6.32. The third-order valence-corrected chi connectivity index (χ3v) is 3.87. The Morgan fingerprint density at radius 1 is 1.38 bits per heavy atom. The van der Waals surface area contributed by atoms with E-state index in [4.69, 9.17) is 17.3 Å². The van der Waals surface area contributed by atoms with Gasteiger partial charge in [-0.25, -0.2) is 15.0 Å². The van der Waals surface area contributed by atoms with Gasteiger partial charge >= 0.3 is 6.18 Å². The molecule has 0 saturated carbocycles. The molecule has 1 amide bonds. The Morgan fingerprint density at radius 3 is 2.69 bits per heavy atom. The number of nitrogens with one attached hydrogen (secondary N) is 1. The first-order chi connectivity index (χ1) is 13.7. The monoisotopic (exact) mass is 426 g/mol. The van der Waals surface area contributed by atoms with Gasteiger partial charge in [0.1, 0.15) is 0 Å². The topological polar surface area (TPSA) is 96.5 Å². The molecule has 2 rings (SSSR count). The average Bonchev–Trinajstić information content (AvgIpc) is 2.68. The first kappa shape index (κ1) is 22.2. The van der Waals surface area contributed by atoms with Gasteiger partial charge in [0.15, 0.2) is 22.5 Å². The molecule has 0 fully saturated rings. The van der Waals surface area contributed by atoms with Crippen molar-refractivity contribution in [2.45, 2.75) is 26.1 Å². The van der Waals surface area contributed by atoms with Gasteiger partial charge in [-0.3, -0.25) is 4.79 Å². The molecule has 2 aromatic rings. The summed E-state index contributed by atoms with van der Waals surface area (Å²) in [4.78, 5) is 20.3. The lowest BCUT2D eigenvalue weighted by molar-refractivity contribution is -0.138. The fourth-order valence-corrected chi connectivity index (χ4v) is 2.51. The van der Waals surface area contributed by atoms with Crippen LogP contribution >= 0.6 is 11.6 Å². The summed E-state index contributed by atoms with van der Waals surface area (Å²) in [6.45, 7) is 5.07. The van der Waals surface area contributed by atoms with Crippen LogP contribution in [0.2, 0.25) is 5.15 Å². The summed E-state index contributed by atoms with van der Waals surface area (Å²) in [7, 11) is 0. The number of hydrazone groups is 1. The Balaban J connectivity index is 2.24. The fraction of sp³-hybridized carbons (Fsp3) is 0.222. The van der Waals surface area contributed by atoms with Gasteiger partial charge in [-0.05, 0) is 18.1 Å². The second-order valence-electron chi connectivity index (χ2n) is 5.64. The van der Waals surface area contributed by atoms with Crippen LogP contribution < -0.4 is 16.1 Å². The number of benzene rings is 1. The van der Waals surface area contributed by atoms with Crippen LogP contribution in [-0.4, -0.2) is 22.1 Å². The molecule has 11 heteroatoms. The molecule has 0 atom stereocenters. The number of anilines is 2. The van der Waals surface area contributed by atoms with Gasteiger partial charge < -0.3 is 11.1 Å². The van der Waals surface area contributed by atoms with Crippen molar-refractivity contribution in [3.05, 3.63) is 59.0 Å². The molecular formula is C18H18ClF3N6O. The third-order valence-electron chi connectivity index (χ3n) is 3.62. The van der Waals surface area contributed by atoms with E-state index < -0.39 is 17.6 Å². The zero-order valence-corrected chi connectivity index (χ0v) is 16.1. The van der Waals surface area contributed by atoms with E-state index in [9.17, 15) is 18.0 Å². The molecule has 0 spiro atoms. The Labute approximate surface area is 170 Å². The zero-order chi connectivity index (χ0) is 21.6. The van der Waals surface area contributed by atoms with Crippen molar-refractivity contribution in [3.63, 3.8) is 0 Å². The van der Waals surface area contributed by atoms with E-state index in [1.54, 1.807) is 6.21 Å². The van der Waals surface area contributed by atoms with Crippen molar-refractivity contribution < 1.29 is 18.0 Å². The van der Waals surface area contributed by atoms with Crippen molar-refractivity contribution in [2.75, 3.05) is 10.7 Å². The molecule has 0 radical (unpaired) electrons. The van der Waals surface area contributed by atoms with Gasteiger partial charge in [0.05, 0.1) is 5.56 Å². The van der Waals surface area contributed by atoms with Crippen LogP contribution in [0.15, 0.2) is 42.1 Å². The first-order valence-electron chi connectivity index (χ1n) is 8.39. The van der Waals surface area contributed by atoms with E-state index in [2.05, 4.69) is 27.0 Å². The fourth-order valence-electron chi connectivity index (χ4n) is 2.30. The molecule has 1 aromatic carbocycles. The smallest absolute Gasteiger partial charge is 0.382 e. The molecule has 29 heavy (non-hydrogen) atoms. The molecule has 3 N–H and O–H groups in total. The molecule has 1 aromatic heterocycles. The maximum atomic E-state index is 13.1. The Morgan fingerprint density at radius 2 is 2.07 bits per heavy atom. The van der Waals surface area contributed by atoms with E-state index in [1.807, 2.05) is 6.92 Å². The zero-order valence-electron chi connectivity index (χ0n) is 15.4. The Hall–Kier alpha value is -3.14. The summed E-state index contributed by atoms with van der Waals surface area (Å²) in [6.07, 6.45) is -0.993. The summed E-state index contributed by atoms with van der Waals surface area (Å²) in [6, 6.07) is 4.91. The molecule has 0 bridgehead atoms. The van der Waals surface area contributed by atoms with Crippen LogP contribution in [0.1, 0.15) is 35.0 Å². The van der Waals surface area contributed by atoms with Crippen LogP contribution in [0.5, 0.6) is 0 Å². The van der Waals surface area contributed by atoms with E-state index in [0.29, 0.717) is 6.42 Å². The van der Waals surface area contributed by atoms with Gasteiger partial charge in [0, 0.05) is 19.0 Å². The van der Waals surface area contributed by atoms with E-state index in [0.717, 1.165) is 6.07 Å². The molecule has 0 aliphatic heterocycles. The highest BCUT2D eigenvalue weighted by Crippen LogP contribution is 2.32. The minimum Gasteiger partial charge on any atom is -0.382 e. The summed E-state index contributed by atoms with van der Waals surface area (Å²) in [5.74, 6) is -1.02. The molecule has 1 heterocycles. The molecule has 0 aliphatic carbocycles. The highest BCUT2D eigenvalue weighted by Gasteiger charge is 2.33. The minimum absolute atomic E-state index is 0.0582. The maximum absolute atomic E-state index is 13.1. The van der Waals surface area contributed by atoms with Crippen LogP contribution in [0.3, 0.4) is 0 Å². The molecular weight excluding hydrogens is 409 g/mol. The minimum atomic E-state index is -4.54. The average molecular weight is 427 g/mol. The van der Waals surface area contributed by atoms with E-state index in [1.165, 1.54) is 29.4 Å². The number of rotatable bonds is 7. The van der Waals surface area contributed by atoms with Crippen LogP contribution in [0, 0.1) is 0 Å². The predicted octanol–water partition coefficient (Wildman–Crippen LogP) is 4.01. The molecule has 154 valence electrons. The van der Waals surface area contributed by atoms with Crippen LogP contribution in [0.4, 0.5) is 24.8 Å². The van der Waals surface area contributed by atoms with Gasteiger partial charge in [-0.1, -0.05) is 43.3 Å². The number of nitrogens with two attached hydrogens (primary N) is 1. The number of hydrogen-bond donors (Lipinski definition) is 2. The number of halogens is 4. The van der Waals surface area contributed by atoms with Crippen molar-refractivity contribution in [3.8, 4) is 0 Å². The first-order valence-corrected chi connectivity index (χ1v) is 8.77. The highest BCUT2D eigenvalue weighted by atomic mass is 35.5. The standard InChI is InChI=1S/C18H18ClF3N6O/c1-3-9-25-28(4-2)16-14(19)26-13(15(23)27-16)17(29)24-10-11-7-5-6-8-12(11)18(20,21)22/h4-9H,2-3,10H2,1H3,(H2,23,27)(H,24,29)/b25-9-. The molecule has 0 saturated heterocycles. The largest absolute Gasteiger partial charge is 0.416 e. The lowest BCUT2D eigenvalue weighted by atomic mass is 10.1. The van der Waals surface area contributed by atoms with Crippen molar-refractivity contribution in [1.82, 2.24) is 15.3 Å². The van der Waals surface area contributed by atoms with E-state index >= 15 is 0 Å². The number of carbonyl (C=O) groups excluding carboxylic acids is 1. The number of carbonyl (C=O) groups is 1. The summed E-state index contributed by atoms with van der Waals surface area (Å²) < 4.78 is 39.2. The number of aromatic nitrogens is 2. The van der Waals surface area contributed by atoms with Crippen LogP contribution in [-0.2, 0) is 12.7 Å². The number of nitrogens with zero attached hydrogens (tertiary/aromatic N) is 4.